The van der Waals surface area contributed by atoms with E-state index in [4.69, 9.17) is 24.2 Å². The highest BCUT2D eigenvalue weighted by atomic mass is 16.5. The van der Waals surface area contributed by atoms with Crippen LogP contribution in [0.2, 0.25) is 0 Å². The summed E-state index contributed by atoms with van der Waals surface area (Å²) in [7, 11) is 10.8. The van der Waals surface area contributed by atoms with Crippen molar-refractivity contribution in [3.63, 3.8) is 0 Å². The molecule has 1 aromatic rings. The van der Waals surface area contributed by atoms with Gasteiger partial charge in [-0.15, -0.1) is 0 Å². The molecule has 0 aliphatic rings. The molecule has 0 fully saturated rings. The molecule has 1 aromatic heterocycles. The molecule has 0 N–H and O–H groups in total. The summed E-state index contributed by atoms with van der Waals surface area (Å²) in [6.45, 7) is 3.40. The Hall–Kier alpha value is -1.64. The van der Waals surface area contributed by atoms with Crippen LogP contribution in [0.4, 0.5) is 17.6 Å². The van der Waals surface area contributed by atoms with Crippen molar-refractivity contribution >= 4 is 17.6 Å². The minimum atomic E-state index is 0.409. The average molecular weight is 327 g/mol. The molecule has 0 spiro atoms. The molecule has 0 radical (unpaired) electrons. The zero-order valence-corrected chi connectivity index (χ0v) is 15.3. The highest BCUT2D eigenvalue weighted by molar-refractivity contribution is 5.63. The zero-order chi connectivity index (χ0) is 17.4. The van der Waals surface area contributed by atoms with Gasteiger partial charge in [0.15, 0.2) is 0 Å². The summed E-state index contributed by atoms with van der Waals surface area (Å²) < 4.78 is 15.7. The fourth-order valence-electron chi connectivity index (χ4n) is 2.33. The molecule has 1 rings (SSSR count). The van der Waals surface area contributed by atoms with Crippen molar-refractivity contribution in [2.24, 2.45) is 0 Å². The second kappa shape index (κ2) is 9.49. The summed E-state index contributed by atoms with van der Waals surface area (Å²) in [6, 6.07) is 0. The molecule has 0 amide bonds. The number of rotatable bonds is 10. The van der Waals surface area contributed by atoms with Gasteiger partial charge in [0.25, 0.3) is 0 Å². The Bertz CT molecular complexity index is 453. The van der Waals surface area contributed by atoms with Crippen LogP contribution in [0.15, 0.2) is 0 Å². The lowest BCUT2D eigenvalue weighted by Gasteiger charge is -2.28. The lowest BCUT2D eigenvalue weighted by atomic mass is 10.2. The van der Waals surface area contributed by atoms with E-state index >= 15 is 0 Å². The van der Waals surface area contributed by atoms with Gasteiger partial charge in [0.2, 0.25) is 5.95 Å². The van der Waals surface area contributed by atoms with Gasteiger partial charge in [-0.2, -0.15) is 9.97 Å². The van der Waals surface area contributed by atoms with Crippen molar-refractivity contribution in [1.82, 2.24) is 9.97 Å². The maximum atomic E-state index is 5.24. The predicted octanol–water partition coefficient (Wildman–Crippen LogP) is 1.16. The van der Waals surface area contributed by atoms with Crippen LogP contribution in [-0.2, 0) is 20.6 Å². The number of ether oxygens (including phenoxy) is 3. The van der Waals surface area contributed by atoms with E-state index in [1.165, 1.54) is 0 Å². The molecule has 0 unspecified atom stereocenters. The molecule has 23 heavy (non-hydrogen) atoms. The first-order valence-electron chi connectivity index (χ1n) is 7.51. The highest BCUT2D eigenvalue weighted by Gasteiger charge is 2.20. The first kappa shape index (κ1) is 19.4. The van der Waals surface area contributed by atoms with Crippen LogP contribution in [0.25, 0.3) is 0 Å². The van der Waals surface area contributed by atoms with Gasteiger partial charge in [0.1, 0.15) is 31.8 Å². The van der Waals surface area contributed by atoms with E-state index in [0.29, 0.717) is 26.1 Å². The second-order valence-electron chi connectivity index (χ2n) is 5.35. The van der Waals surface area contributed by atoms with Crippen LogP contribution in [-0.4, -0.2) is 72.6 Å². The minimum Gasteiger partial charge on any atom is -0.364 e. The van der Waals surface area contributed by atoms with Crippen molar-refractivity contribution in [3.8, 4) is 0 Å². The molecule has 0 saturated carbocycles. The molecule has 0 aromatic carbocycles. The van der Waals surface area contributed by atoms with Crippen molar-refractivity contribution in [1.29, 1.82) is 0 Å². The maximum Gasteiger partial charge on any atom is 0.230 e. The number of methoxy groups -OCH3 is 3. The van der Waals surface area contributed by atoms with Crippen LogP contribution in [0, 0.1) is 0 Å². The maximum absolute atomic E-state index is 5.24. The topological polar surface area (TPSA) is 63.2 Å². The van der Waals surface area contributed by atoms with Gasteiger partial charge in [-0.05, 0) is 6.42 Å². The lowest BCUT2D eigenvalue weighted by molar-refractivity contribution is 0.198. The molecule has 0 bridgehead atoms. The van der Waals surface area contributed by atoms with Gasteiger partial charge in [-0.3, -0.25) is 0 Å². The van der Waals surface area contributed by atoms with Crippen molar-refractivity contribution in [2.45, 2.75) is 13.3 Å². The highest BCUT2D eigenvalue weighted by Crippen LogP contribution is 2.29. The number of aromatic nitrogens is 2. The minimum absolute atomic E-state index is 0.409. The Morgan fingerprint density at radius 2 is 1.13 bits per heavy atom. The van der Waals surface area contributed by atoms with Crippen LogP contribution < -0.4 is 14.7 Å². The quantitative estimate of drug-likeness (QED) is 0.593. The van der Waals surface area contributed by atoms with Gasteiger partial charge in [0, 0.05) is 48.0 Å². The Morgan fingerprint density at radius 1 is 0.739 bits per heavy atom. The summed E-state index contributed by atoms with van der Waals surface area (Å²) >= 11 is 0. The molecule has 0 aliphatic heterocycles. The number of nitrogens with zero attached hydrogens (tertiary/aromatic N) is 5. The van der Waals surface area contributed by atoms with E-state index in [-0.39, 0.29) is 0 Å². The van der Waals surface area contributed by atoms with Crippen molar-refractivity contribution in [2.75, 3.05) is 77.4 Å². The average Bonchev–Trinajstić information content (AvgIpc) is 2.54. The third-order valence-corrected chi connectivity index (χ3v) is 3.34. The van der Waals surface area contributed by atoms with Gasteiger partial charge < -0.3 is 28.9 Å². The Labute approximate surface area is 139 Å². The standard InChI is InChI=1S/C15H29N5O3/c1-8-12-13(18(2)9-21-5)16-15(20(4)11-23-7)17-14(12)19(3)10-22-6/h8-11H2,1-7H3. The molecule has 0 aliphatic carbocycles. The number of hydrogen-bond donors (Lipinski definition) is 0. The van der Waals surface area contributed by atoms with Crippen molar-refractivity contribution in [3.05, 3.63) is 5.56 Å². The first-order valence-corrected chi connectivity index (χ1v) is 7.51. The second-order valence-corrected chi connectivity index (χ2v) is 5.35. The number of anilines is 3. The molecule has 8 nitrogen and oxygen atoms in total. The lowest BCUT2D eigenvalue weighted by Crippen LogP contribution is -2.30. The van der Waals surface area contributed by atoms with E-state index < -0.39 is 0 Å². The van der Waals surface area contributed by atoms with Gasteiger partial charge in [0.05, 0.1) is 0 Å². The SMILES string of the molecule is CCc1c(N(C)COC)nc(N(C)COC)nc1N(C)COC. The fourth-order valence-corrected chi connectivity index (χ4v) is 2.33. The van der Waals surface area contributed by atoms with Gasteiger partial charge in [-0.25, -0.2) is 0 Å². The van der Waals surface area contributed by atoms with E-state index in [0.717, 1.165) is 23.6 Å². The normalized spacial score (nSPS) is 10.7. The summed E-state index contributed by atoms with van der Waals surface area (Å²) in [5.41, 5.74) is 1.05. The molecular formula is C15H29N5O3. The zero-order valence-electron chi connectivity index (χ0n) is 15.3. The van der Waals surface area contributed by atoms with Crippen LogP contribution in [0.1, 0.15) is 12.5 Å². The molecular weight excluding hydrogens is 298 g/mol. The number of hydrogen-bond acceptors (Lipinski definition) is 8. The third-order valence-electron chi connectivity index (χ3n) is 3.34. The van der Waals surface area contributed by atoms with E-state index in [9.17, 15) is 0 Å². The Kier molecular flexibility index (Phi) is 8.01. The van der Waals surface area contributed by atoms with Crippen LogP contribution in [0.3, 0.4) is 0 Å². The summed E-state index contributed by atoms with van der Waals surface area (Å²) in [5, 5.41) is 0. The molecule has 0 atom stereocenters. The molecule has 132 valence electrons. The Morgan fingerprint density at radius 3 is 1.48 bits per heavy atom. The largest absolute Gasteiger partial charge is 0.364 e. The Balaban J connectivity index is 3.39. The first-order chi connectivity index (χ1) is 11.0. The fraction of sp³-hybridized carbons (Fsp3) is 0.733. The summed E-state index contributed by atoms with van der Waals surface area (Å²) in [4.78, 5) is 15.2. The molecule has 0 saturated heterocycles. The van der Waals surface area contributed by atoms with Gasteiger partial charge >= 0.3 is 0 Å². The smallest absolute Gasteiger partial charge is 0.230 e. The summed E-state index contributed by atoms with van der Waals surface area (Å²) in [5.74, 6) is 2.29. The van der Waals surface area contributed by atoms with Crippen LogP contribution >= 0.6 is 0 Å². The van der Waals surface area contributed by atoms with E-state index in [1.807, 2.05) is 35.8 Å². The predicted molar refractivity (Wildman–Crippen MR) is 92.2 cm³/mol. The molecule has 1 heterocycles. The molecule has 8 heteroatoms. The third kappa shape index (κ3) is 4.92. The van der Waals surface area contributed by atoms with E-state index in [1.54, 1.807) is 21.3 Å². The van der Waals surface area contributed by atoms with Crippen LogP contribution in [0.5, 0.6) is 0 Å². The van der Waals surface area contributed by atoms with Gasteiger partial charge in [-0.1, -0.05) is 6.92 Å². The van der Waals surface area contributed by atoms with Crippen molar-refractivity contribution < 1.29 is 14.2 Å². The van der Waals surface area contributed by atoms with E-state index in [2.05, 4.69) is 6.92 Å². The monoisotopic (exact) mass is 327 g/mol. The summed E-state index contributed by atoms with van der Waals surface area (Å²) in [6.07, 6.45) is 0.807.